The number of hydrogen-bond acceptors (Lipinski definition) is 3. The molecule has 0 atom stereocenters. The summed E-state index contributed by atoms with van der Waals surface area (Å²) in [4.78, 5) is 14.3. The summed E-state index contributed by atoms with van der Waals surface area (Å²) >= 11 is 0. The lowest BCUT2D eigenvalue weighted by Crippen LogP contribution is -2.26. The Morgan fingerprint density at radius 2 is 1.57 bits per heavy atom. The normalized spacial score (nSPS) is 11.1. The lowest BCUT2D eigenvalue weighted by molar-refractivity contribution is 0.0993. The first-order valence-corrected chi connectivity index (χ1v) is 10.3. The summed E-state index contributed by atoms with van der Waals surface area (Å²) in [6, 6.07) is 20.6. The van der Waals surface area contributed by atoms with Crippen molar-refractivity contribution in [2.75, 3.05) is 16.7 Å². The van der Waals surface area contributed by atoms with E-state index in [4.69, 9.17) is 0 Å². The van der Waals surface area contributed by atoms with Gasteiger partial charge in [-0.1, -0.05) is 30.3 Å². The van der Waals surface area contributed by atoms with Crippen LogP contribution < -0.4 is 9.62 Å². The number of carbonyl (C=O) groups is 1. The molecule has 0 aliphatic rings. The molecule has 0 aliphatic heterocycles. The van der Waals surface area contributed by atoms with Crippen molar-refractivity contribution in [1.82, 2.24) is 0 Å². The van der Waals surface area contributed by atoms with Crippen LogP contribution in [0.5, 0.6) is 0 Å². The molecule has 0 radical (unpaired) electrons. The first-order chi connectivity index (χ1) is 13.3. The van der Waals surface area contributed by atoms with E-state index in [0.29, 0.717) is 11.3 Å². The fourth-order valence-electron chi connectivity index (χ4n) is 2.78. The van der Waals surface area contributed by atoms with Crippen LogP contribution in [0.2, 0.25) is 0 Å². The molecule has 3 aromatic carbocycles. The van der Waals surface area contributed by atoms with E-state index in [2.05, 4.69) is 4.72 Å². The molecule has 3 aromatic rings. The predicted octanol–water partition coefficient (Wildman–Crippen LogP) is 4.38. The third-order valence-electron chi connectivity index (χ3n) is 4.60. The first-order valence-electron chi connectivity index (χ1n) is 8.81. The lowest BCUT2D eigenvalue weighted by Gasteiger charge is -2.18. The van der Waals surface area contributed by atoms with E-state index < -0.39 is 10.0 Å². The van der Waals surface area contributed by atoms with Gasteiger partial charge in [0, 0.05) is 24.0 Å². The van der Waals surface area contributed by atoms with E-state index in [1.54, 1.807) is 31.3 Å². The Morgan fingerprint density at radius 3 is 2.25 bits per heavy atom. The van der Waals surface area contributed by atoms with Gasteiger partial charge in [-0.3, -0.25) is 9.52 Å². The number of amides is 1. The van der Waals surface area contributed by atoms with Gasteiger partial charge in [0.15, 0.2) is 0 Å². The second-order valence-corrected chi connectivity index (χ2v) is 8.31. The molecule has 0 unspecified atom stereocenters. The quantitative estimate of drug-likeness (QED) is 0.698. The van der Waals surface area contributed by atoms with Crippen LogP contribution in [0, 0.1) is 13.8 Å². The number of rotatable bonds is 5. The van der Waals surface area contributed by atoms with E-state index in [9.17, 15) is 13.2 Å². The minimum atomic E-state index is -3.81. The molecule has 6 heteroatoms. The second-order valence-electron chi connectivity index (χ2n) is 6.63. The SMILES string of the molecule is Cc1ccc(NS(=O)(=O)c2cccc(C(=O)N(C)c3ccccc3)c2)cc1C. The van der Waals surface area contributed by atoms with Crippen molar-refractivity contribution >= 4 is 27.3 Å². The highest BCUT2D eigenvalue weighted by Crippen LogP contribution is 2.21. The minimum Gasteiger partial charge on any atom is -0.311 e. The van der Waals surface area contributed by atoms with Crippen LogP contribution in [0.1, 0.15) is 21.5 Å². The highest BCUT2D eigenvalue weighted by Gasteiger charge is 2.19. The summed E-state index contributed by atoms with van der Waals surface area (Å²) in [5.41, 5.74) is 3.60. The third kappa shape index (κ3) is 4.23. The van der Waals surface area contributed by atoms with Crippen molar-refractivity contribution in [1.29, 1.82) is 0 Å². The molecule has 0 saturated heterocycles. The number of anilines is 2. The zero-order valence-electron chi connectivity index (χ0n) is 16.0. The summed E-state index contributed by atoms with van der Waals surface area (Å²) < 4.78 is 28.1. The van der Waals surface area contributed by atoms with Gasteiger partial charge in [0.25, 0.3) is 15.9 Å². The number of para-hydroxylation sites is 1. The molecule has 0 aromatic heterocycles. The Morgan fingerprint density at radius 1 is 0.857 bits per heavy atom. The van der Waals surface area contributed by atoms with Crippen molar-refractivity contribution < 1.29 is 13.2 Å². The summed E-state index contributed by atoms with van der Waals surface area (Å²) in [5.74, 6) is -0.283. The topological polar surface area (TPSA) is 66.5 Å². The van der Waals surface area contributed by atoms with Gasteiger partial charge in [-0.15, -0.1) is 0 Å². The molecule has 0 fully saturated rings. The highest BCUT2D eigenvalue weighted by atomic mass is 32.2. The Labute approximate surface area is 165 Å². The van der Waals surface area contributed by atoms with E-state index in [-0.39, 0.29) is 10.8 Å². The number of benzene rings is 3. The van der Waals surface area contributed by atoms with Gasteiger partial charge >= 0.3 is 0 Å². The number of carbonyl (C=O) groups excluding carboxylic acids is 1. The number of sulfonamides is 1. The van der Waals surface area contributed by atoms with Gasteiger partial charge in [-0.2, -0.15) is 0 Å². The van der Waals surface area contributed by atoms with Crippen molar-refractivity contribution in [3.63, 3.8) is 0 Å². The zero-order valence-corrected chi connectivity index (χ0v) is 16.8. The van der Waals surface area contributed by atoms with Crippen LogP contribution in [0.4, 0.5) is 11.4 Å². The number of nitrogens with one attached hydrogen (secondary N) is 1. The molecule has 0 heterocycles. The van der Waals surface area contributed by atoms with Crippen molar-refractivity contribution in [3.05, 3.63) is 89.5 Å². The molecule has 0 spiro atoms. The maximum atomic E-state index is 12.8. The average Bonchev–Trinajstić information content (AvgIpc) is 2.70. The fraction of sp³-hybridized carbons (Fsp3) is 0.136. The minimum absolute atomic E-state index is 0.0399. The van der Waals surface area contributed by atoms with Crippen LogP contribution in [-0.4, -0.2) is 21.4 Å². The second kappa shape index (κ2) is 7.86. The zero-order chi connectivity index (χ0) is 20.3. The smallest absolute Gasteiger partial charge is 0.261 e. The third-order valence-corrected chi connectivity index (χ3v) is 5.98. The predicted molar refractivity (Wildman–Crippen MR) is 112 cm³/mol. The maximum absolute atomic E-state index is 12.8. The van der Waals surface area contributed by atoms with Gasteiger partial charge in [-0.25, -0.2) is 8.42 Å². The van der Waals surface area contributed by atoms with Gasteiger partial charge in [-0.05, 0) is 67.4 Å². The van der Waals surface area contributed by atoms with Crippen LogP contribution in [0.15, 0.2) is 77.7 Å². The van der Waals surface area contributed by atoms with Crippen molar-refractivity contribution in [2.24, 2.45) is 0 Å². The van der Waals surface area contributed by atoms with E-state index >= 15 is 0 Å². The molecule has 1 N–H and O–H groups in total. The molecule has 0 aliphatic carbocycles. The Balaban J connectivity index is 1.87. The molecular weight excluding hydrogens is 372 g/mol. The summed E-state index contributed by atoms with van der Waals surface area (Å²) in [5, 5.41) is 0. The van der Waals surface area contributed by atoms with E-state index in [0.717, 1.165) is 16.8 Å². The van der Waals surface area contributed by atoms with Gasteiger partial charge < -0.3 is 4.90 Å². The number of aryl methyl sites for hydroxylation is 2. The Bertz CT molecular complexity index is 1110. The molecule has 3 rings (SSSR count). The Kier molecular flexibility index (Phi) is 5.51. The van der Waals surface area contributed by atoms with E-state index in [1.807, 2.05) is 50.2 Å². The molecular formula is C22H22N2O3S. The maximum Gasteiger partial charge on any atom is 0.261 e. The largest absolute Gasteiger partial charge is 0.311 e. The summed E-state index contributed by atoms with van der Waals surface area (Å²) in [6.07, 6.45) is 0. The standard InChI is InChI=1S/C22H22N2O3S/c1-16-12-13-19(14-17(16)2)23-28(26,27)21-11-7-8-18(15-21)22(25)24(3)20-9-5-4-6-10-20/h4-15,23H,1-3H3. The average molecular weight is 394 g/mol. The molecule has 1 amide bonds. The van der Waals surface area contributed by atoms with Crippen molar-refractivity contribution in [3.8, 4) is 0 Å². The number of hydrogen-bond donors (Lipinski definition) is 1. The monoisotopic (exact) mass is 394 g/mol. The van der Waals surface area contributed by atoms with Crippen LogP contribution in [-0.2, 0) is 10.0 Å². The van der Waals surface area contributed by atoms with Gasteiger partial charge in [0.1, 0.15) is 0 Å². The molecule has 144 valence electrons. The van der Waals surface area contributed by atoms with E-state index in [1.165, 1.54) is 17.0 Å². The van der Waals surface area contributed by atoms with Crippen LogP contribution >= 0.6 is 0 Å². The van der Waals surface area contributed by atoms with Crippen LogP contribution in [0.25, 0.3) is 0 Å². The highest BCUT2D eigenvalue weighted by molar-refractivity contribution is 7.92. The molecule has 0 bridgehead atoms. The van der Waals surface area contributed by atoms with Crippen LogP contribution in [0.3, 0.4) is 0 Å². The van der Waals surface area contributed by atoms with Gasteiger partial charge in [0.05, 0.1) is 4.90 Å². The summed E-state index contributed by atoms with van der Waals surface area (Å²) in [7, 11) is -2.15. The molecule has 0 saturated carbocycles. The first kappa shape index (κ1) is 19.6. The lowest BCUT2D eigenvalue weighted by atomic mass is 10.1. The summed E-state index contributed by atoms with van der Waals surface area (Å²) in [6.45, 7) is 3.89. The van der Waals surface area contributed by atoms with Gasteiger partial charge in [0.2, 0.25) is 0 Å². The fourth-order valence-corrected chi connectivity index (χ4v) is 3.87. The molecule has 28 heavy (non-hydrogen) atoms. The van der Waals surface area contributed by atoms with Crippen molar-refractivity contribution in [2.45, 2.75) is 18.7 Å². The molecule has 5 nitrogen and oxygen atoms in total. The number of nitrogens with zero attached hydrogens (tertiary/aromatic N) is 1. The Hall–Kier alpha value is -3.12.